The SMILES string of the molecule is O=C(CSCc1ccc(Cl)cc1)Nc1cccc(S(=O)(=O)c2cccc(NC(=O)CSCc3ccc(Cl)cc3)c2)c1. The lowest BCUT2D eigenvalue weighted by Gasteiger charge is -2.11. The molecule has 6 nitrogen and oxygen atoms in total. The number of rotatable bonds is 12. The van der Waals surface area contributed by atoms with Crippen molar-refractivity contribution in [2.45, 2.75) is 21.3 Å². The van der Waals surface area contributed by atoms with Crippen molar-refractivity contribution in [2.75, 3.05) is 22.1 Å². The number of hydrogen-bond donors (Lipinski definition) is 2. The standard InChI is InChI=1S/C30H26Cl2N2O4S3/c31-23-11-7-21(8-12-23)17-39-19-29(35)33-25-3-1-5-27(15-25)41(37,38)28-6-2-4-26(16-28)34-30(36)20-40-18-22-9-13-24(32)14-10-22/h1-16H,17-20H2,(H,33,35)(H,34,36). The van der Waals surface area contributed by atoms with E-state index in [0.29, 0.717) is 32.9 Å². The molecule has 0 saturated carbocycles. The Hall–Kier alpha value is -2.95. The van der Waals surface area contributed by atoms with Crippen molar-refractivity contribution in [3.05, 3.63) is 118 Å². The van der Waals surface area contributed by atoms with Crippen molar-refractivity contribution in [2.24, 2.45) is 0 Å². The lowest BCUT2D eigenvalue weighted by atomic mass is 10.2. The monoisotopic (exact) mass is 644 g/mol. The molecule has 0 aliphatic rings. The van der Waals surface area contributed by atoms with Gasteiger partial charge in [-0.3, -0.25) is 9.59 Å². The van der Waals surface area contributed by atoms with Gasteiger partial charge in [0, 0.05) is 32.9 Å². The van der Waals surface area contributed by atoms with E-state index in [1.807, 2.05) is 24.3 Å². The average molecular weight is 646 g/mol. The van der Waals surface area contributed by atoms with E-state index >= 15 is 0 Å². The van der Waals surface area contributed by atoms with Crippen molar-refractivity contribution in [3.63, 3.8) is 0 Å². The van der Waals surface area contributed by atoms with Crippen LogP contribution in [0.3, 0.4) is 0 Å². The zero-order valence-corrected chi connectivity index (χ0v) is 25.6. The molecule has 0 spiro atoms. The molecule has 0 aromatic heterocycles. The molecule has 2 amide bonds. The maximum Gasteiger partial charge on any atom is 0.234 e. The van der Waals surface area contributed by atoms with Gasteiger partial charge < -0.3 is 10.6 Å². The molecule has 0 bridgehead atoms. The van der Waals surface area contributed by atoms with Gasteiger partial charge in [0.05, 0.1) is 21.3 Å². The molecule has 4 aromatic carbocycles. The van der Waals surface area contributed by atoms with E-state index < -0.39 is 9.84 Å². The Morgan fingerprint density at radius 3 is 1.39 bits per heavy atom. The van der Waals surface area contributed by atoms with Gasteiger partial charge >= 0.3 is 0 Å². The number of amides is 2. The van der Waals surface area contributed by atoms with Gasteiger partial charge in [0.25, 0.3) is 0 Å². The Morgan fingerprint density at radius 1 is 0.610 bits per heavy atom. The Labute approximate surface area is 258 Å². The quantitative estimate of drug-likeness (QED) is 0.165. The molecule has 0 heterocycles. The van der Waals surface area contributed by atoms with Crippen LogP contribution >= 0.6 is 46.7 Å². The van der Waals surface area contributed by atoms with E-state index in [1.165, 1.54) is 47.8 Å². The number of thioether (sulfide) groups is 2. The smallest absolute Gasteiger partial charge is 0.234 e. The normalized spacial score (nSPS) is 11.2. The van der Waals surface area contributed by atoms with E-state index in [2.05, 4.69) is 10.6 Å². The van der Waals surface area contributed by atoms with Crippen molar-refractivity contribution >= 4 is 79.8 Å². The lowest BCUT2D eigenvalue weighted by Crippen LogP contribution is -2.15. The third-order valence-electron chi connectivity index (χ3n) is 5.69. The molecule has 4 rings (SSSR count). The Bertz CT molecular complexity index is 1500. The van der Waals surface area contributed by atoms with Gasteiger partial charge in [-0.05, 0) is 71.8 Å². The average Bonchev–Trinajstić information content (AvgIpc) is 2.95. The second-order valence-electron chi connectivity index (χ2n) is 8.89. The highest BCUT2D eigenvalue weighted by atomic mass is 35.5. The molecule has 0 aliphatic heterocycles. The van der Waals surface area contributed by atoms with Crippen molar-refractivity contribution in [1.82, 2.24) is 0 Å². The number of carbonyl (C=O) groups is 2. The number of halogens is 2. The van der Waals surface area contributed by atoms with Crippen LogP contribution in [0, 0.1) is 0 Å². The predicted molar refractivity (Wildman–Crippen MR) is 171 cm³/mol. The van der Waals surface area contributed by atoms with Gasteiger partial charge in [0.15, 0.2) is 0 Å². The summed E-state index contributed by atoms with van der Waals surface area (Å²) in [4.78, 5) is 25.0. The number of hydrogen-bond acceptors (Lipinski definition) is 6. The summed E-state index contributed by atoms with van der Waals surface area (Å²) in [5, 5.41) is 6.83. The number of sulfone groups is 1. The van der Waals surface area contributed by atoms with Crippen LogP contribution in [0.5, 0.6) is 0 Å². The minimum Gasteiger partial charge on any atom is -0.325 e. The highest BCUT2D eigenvalue weighted by molar-refractivity contribution is 7.99. The van der Waals surface area contributed by atoms with Crippen molar-refractivity contribution < 1.29 is 18.0 Å². The zero-order chi connectivity index (χ0) is 29.2. The molecular weight excluding hydrogens is 619 g/mol. The largest absolute Gasteiger partial charge is 0.325 e. The number of anilines is 2. The van der Waals surface area contributed by atoms with Gasteiger partial charge in [-0.25, -0.2) is 8.42 Å². The summed E-state index contributed by atoms with van der Waals surface area (Å²) in [7, 11) is -3.90. The molecule has 2 N–H and O–H groups in total. The number of benzene rings is 4. The Kier molecular flexibility index (Phi) is 11.2. The molecule has 41 heavy (non-hydrogen) atoms. The molecular formula is C30H26Cl2N2O4S3. The summed E-state index contributed by atoms with van der Waals surface area (Å²) < 4.78 is 26.7. The highest BCUT2D eigenvalue weighted by Crippen LogP contribution is 2.26. The lowest BCUT2D eigenvalue weighted by molar-refractivity contribution is -0.114. The summed E-state index contributed by atoms with van der Waals surface area (Å²) in [5.41, 5.74) is 2.86. The van der Waals surface area contributed by atoms with E-state index in [1.54, 1.807) is 48.5 Å². The second-order valence-corrected chi connectivity index (χ2v) is 13.7. The molecule has 0 unspecified atom stereocenters. The third-order valence-corrected chi connectivity index (χ3v) is 9.95. The number of carbonyl (C=O) groups excluding carboxylic acids is 2. The van der Waals surface area contributed by atoms with Crippen LogP contribution in [0.4, 0.5) is 11.4 Å². The zero-order valence-electron chi connectivity index (χ0n) is 21.7. The van der Waals surface area contributed by atoms with Gasteiger partial charge in [-0.15, -0.1) is 23.5 Å². The fraction of sp³-hybridized carbons (Fsp3) is 0.133. The first-order valence-electron chi connectivity index (χ1n) is 12.4. The van der Waals surface area contributed by atoms with Crippen molar-refractivity contribution in [3.8, 4) is 0 Å². The van der Waals surface area contributed by atoms with Crippen LogP contribution in [-0.2, 0) is 30.9 Å². The van der Waals surface area contributed by atoms with E-state index in [-0.39, 0.29) is 33.1 Å². The van der Waals surface area contributed by atoms with Gasteiger partial charge in [-0.2, -0.15) is 0 Å². The topological polar surface area (TPSA) is 92.3 Å². The molecule has 0 fully saturated rings. The van der Waals surface area contributed by atoms with Gasteiger partial charge in [-0.1, -0.05) is 59.6 Å². The van der Waals surface area contributed by atoms with Gasteiger partial charge in [0.1, 0.15) is 0 Å². The van der Waals surface area contributed by atoms with Crippen LogP contribution < -0.4 is 10.6 Å². The predicted octanol–water partition coefficient (Wildman–Crippen LogP) is 7.57. The molecule has 11 heteroatoms. The molecule has 212 valence electrons. The first kappa shape index (κ1) is 31.0. The molecule has 0 aliphatic carbocycles. The summed E-state index contributed by atoms with van der Waals surface area (Å²) in [5.74, 6) is 1.23. The fourth-order valence-electron chi connectivity index (χ4n) is 3.70. The van der Waals surface area contributed by atoms with Crippen LogP contribution in [0.2, 0.25) is 10.0 Å². The fourth-order valence-corrected chi connectivity index (χ4v) is 6.88. The van der Waals surface area contributed by atoms with E-state index in [4.69, 9.17) is 23.2 Å². The van der Waals surface area contributed by atoms with Crippen LogP contribution in [0.1, 0.15) is 11.1 Å². The molecule has 4 aromatic rings. The van der Waals surface area contributed by atoms with Crippen LogP contribution in [-0.4, -0.2) is 31.7 Å². The van der Waals surface area contributed by atoms with E-state index in [0.717, 1.165) is 11.1 Å². The first-order valence-corrected chi connectivity index (χ1v) is 16.9. The van der Waals surface area contributed by atoms with E-state index in [9.17, 15) is 18.0 Å². The number of nitrogens with one attached hydrogen (secondary N) is 2. The Morgan fingerprint density at radius 2 is 1.00 bits per heavy atom. The maximum absolute atomic E-state index is 13.4. The summed E-state index contributed by atoms with van der Waals surface area (Å²) in [6.45, 7) is 0. The summed E-state index contributed by atoms with van der Waals surface area (Å²) >= 11 is 14.7. The molecule has 0 saturated heterocycles. The second kappa shape index (κ2) is 14.8. The first-order chi connectivity index (χ1) is 19.7. The third kappa shape index (κ3) is 9.55. The summed E-state index contributed by atoms with van der Waals surface area (Å²) in [6.07, 6.45) is 0. The van der Waals surface area contributed by atoms with Crippen molar-refractivity contribution in [1.29, 1.82) is 0 Å². The summed E-state index contributed by atoms with van der Waals surface area (Å²) in [6, 6.07) is 27.1. The van der Waals surface area contributed by atoms with Crippen LogP contribution in [0.25, 0.3) is 0 Å². The highest BCUT2D eigenvalue weighted by Gasteiger charge is 2.19. The molecule has 0 radical (unpaired) electrons. The van der Waals surface area contributed by atoms with Crippen LogP contribution in [0.15, 0.2) is 107 Å². The molecule has 0 atom stereocenters. The maximum atomic E-state index is 13.4. The minimum atomic E-state index is -3.90. The minimum absolute atomic E-state index is 0.0334. The Balaban J connectivity index is 1.32. The van der Waals surface area contributed by atoms with Gasteiger partial charge in [0.2, 0.25) is 21.7 Å².